The minimum atomic E-state index is -0.473. The average molecular weight is 471 g/mol. The molecular weight excluding hydrogens is 444 g/mol. The van der Waals surface area contributed by atoms with E-state index in [4.69, 9.17) is 16.1 Å². The molecule has 0 aliphatic carbocycles. The smallest absolute Gasteiger partial charge is 0.271 e. The number of anilines is 1. The highest BCUT2D eigenvalue weighted by atomic mass is 35.5. The standard InChI is InChI=1S/C22H21ClN4O4.C2H6/c1-14-5-3-4-6-17(14)21-20(15(2)31-24-21)22(28)26-11-9-25(10-12-26)19-8-7-16(27(29)30)13-18(19)23;1-2/h3-8,13H,9-12H2,1-2H3;1-2H3. The predicted octanol–water partition coefficient (Wildman–Crippen LogP) is 5.51. The van der Waals surface area contributed by atoms with E-state index >= 15 is 0 Å². The van der Waals surface area contributed by atoms with Crippen molar-refractivity contribution in [3.8, 4) is 11.3 Å². The highest BCUT2D eigenvalue weighted by molar-refractivity contribution is 6.33. The Balaban J connectivity index is 0.00000149. The highest BCUT2D eigenvalue weighted by Gasteiger charge is 2.29. The first-order valence-corrected chi connectivity index (χ1v) is 11.2. The molecule has 0 bridgehead atoms. The number of nitrogens with zero attached hydrogens (tertiary/aromatic N) is 4. The summed E-state index contributed by atoms with van der Waals surface area (Å²) in [4.78, 5) is 27.6. The number of nitro groups is 1. The zero-order chi connectivity index (χ0) is 24.1. The number of rotatable bonds is 4. The summed E-state index contributed by atoms with van der Waals surface area (Å²) in [6.45, 7) is 9.82. The third kappa shape index (κ3) is 5.01. The van der Waals surface area contributed by atoms with Crippen LogP contribution < -0.4 is 4.90 Å². The molecule has 0 spiro atoms. The van der Waals surface area contributed by atoms with E-state index in [1.807, 2.05) is 49.9 Å². The number of piperazine rings is 1. The molecule has 8 nitrogen and oxygen atoms in total. The summed E-state index contributed by atoms with van der Waals surface area (Å²) in [5.74, 6) is 0.371. The topological polar surface area (TPSA) is 92.7 Å². The van der Waals surface area contributed by atoms with Gasteiger partial charge < -0.3 is 14.3 Å². The molecule has 174 valence electrons. The first kappa shape index (κ1) is 24.3. The molecule has 1 aliphatic rings. The van der Waals surface area contributed by atoms with Crippen molar-refractivity contribution in [3.05, 3.63) is 74.5 Å². The molecule has 0 atom stereocenters. The van der Waals surface area contributed by atoms with Crippen molar-refractivity contribution < 1.29 is 14.2 Å². The lowest BCUT2D eigenvalue weighted by Gasteiger charge is -2.36. The Morgan fingerprint density at radius 2 is 1.76 bits per heavy atom. The number of aromatic nitrogens is 1. The van der Waals surface area contributed by atoms with Crippen LogP contribution in [0.4, 0.5) is 11.4 Å². The number of non-ortho nitro benzene ring substituents is 1. The number of aryl methyl sites for hydroxylation is 2. The van der Waals surface area contributed by atoms with Crippen LogP contribution in [0.3, 0.4) is 0 Å². The van der Waals surface area contributed by atoms with Gasteiger partial charge >= 0.3 is 0 Å². The summed E-state index contributed by atoms with van der Waals surface area (Å²) in [7, 11) is 0. The number of nitro benzene ring substituents is 1. The van der Waals surface area contributed by atoms with Crippen molar-refractivity contribution in [1.29, 1.82) is 0 Å². The van der Waals surface area contributed by atoms with E-state index in [2.05, 4.69) is 5.16 Å². The third-order valence-electron chi connectivity index (χ3n) is 5.53. The van der Waals surface area contributed by atoms with E-state index in [0.717, 1.165) is 16.8 Å². The molecule has 3 aromatic rings. The number of hydrogen-bond donors (Lipinski definition) is 0. The maximum absolute atomic E-state index is 13.3. The second-order valence-electron chi connectivity index (χ2n) is 7.45. The Bertz CT molecular complexity index is 1150. The van der Waals surface area contributed by atoms with Gasteiger partial charge in [-0.05, 0) is 25.5 Å². The Morgan fingerprint density at radius 1 is 1.09 bits per heavy atom. The molecule has 0 N–H and O–H groups in total. The number of carbonyl (C=O) groups excluding carboxylic acids is 1. The van der Waals surface area contributed by atoms with E-state index in [9.17, 15) is 14.9 Å². The molecule has 1 aliphatic heterocycles. The summed E-state index contributed by atoms with van der Waals surface area (Å²) < 4.78 is 5.37. The van der Waals surface area contributed by atoms with Crippen LogP contribution in [-0.4, -0.2) is 47.1 Å². The molecule has 33 heavy (non-hydrogen) atoms. The largest absolute Gasteiger partial charge is 0.367 e. The van der Waals surface area contributed by atoms with Gasteiger partial charge in [0.1, 0.15) is 17.0 Å². The Morgan fingerprint density at radius 3 is 2.36 bits per heavy atom. The molecule has 1 aromatic heterocycles. The average Bonchev–Trinajstić information content (AvgIpc) is 3.21. The summed E-state index contributed by atoms with van der Waals surface area (Å²) in [5.41, 5.74) is 3.61. The maximum atomic E-state index is 13.3. The van der Waals surface area contributed by atoms with Gasteiger partial charge in [-0.3, -0.25) is 14.9 Å². The van der Waals surface area contributed by atoms with Crippen molar-refractivity contribution in [2.45, 2.75) is 27.7 Å². The molecule has 1 amide bonds. The van der Waals surface area contributed by atoms with Crippen LogP contribution in [0.5, 0.6) is 0 Å². The zero-order valence-electron chi connectivity index (χ0n) is 19.2. The van der Waals surface area contributed by atoms with Crippen LogP contribution in [0.1, 0.15) is 35.5 Å². The van der Waals surface area contributed by atoms with Crippen LogP contribution in [0.2, 0.25) is 5.02 Å². The lowest BCUT2D eigenvalue weighted by molar-refractivity contribution is -0.384. The van der Waals surface area contributed by atoms with Gasteiger partial charge in [-0.15, -0.1) is 0 Å². The second kappa shape index (κ2) is 10.5. The fraction of sp³-hybridized carbons (Fsp3) is 0.333. The van der Waals surface area contributed by atoms with Gasteiger partial charge in [-0.25, -0.2) is 0 Å². The number of hydrogen-bond acceptors (Lipinski definition) is 6. The van der Waals surface area contributed by atoms with E-state index in [-0.39, 0.29) is 11.6 Å². The minimum Gasteiger partial charge on any atom is -0.367 e. The first-order chi connectivity index (χ1) is 15.9. The second-order valence-corrected chi connectivity index (χ2v) is 7.86. The van der Waals surface area contributed by atoms with Gasteiger partial charge in [0.2, 0.25) is 0 Å². The molecule has 1 fully saturated rings. The van der Waals surface area contributed by atoms with Crippen molar-refractivity contribution >= 4 is 28.9 Å². The fourth-order valence-electron chi connectivity index (χ4n) is 3.82. The fourth-order valence-corrected chi connectivity index (χ4v) is 4.12. The molecule has 1 saturated heterocycles. The summed E-state index contributed by atoms with van der Waals surface area (Å²) in [6, 6.07) is 12.2. The molecule has 0 saturated carbocycles. The van der Waals surface area contributed by atoms with Gasteiger partial charge in [0.05, 0.1) is 15.6 Å². The van der Waals surface area contributed by atoms with Crippen LogP contribution in [0, 0.1) is 24.0 Å². The van der Waals surface area contributed by atoms with Crippen molar-refractivity contribution in [3.63, 3.8) is 0 Å². The van der Waals surface area contributed by atoms with Crippen molar-refractivity contribution in [1.82, 2.24) is 10.1 Å². The van der Waals surface area contributed by atoms with Crippen LogP contribution in [-0.2, 0) is 0 Å². The normalized spacial score (nSPS) is 13.4. The van der Waals surface area contributed by atoms with Gasteiger partial charge in [0, 0.05) is 43.9 Å². The van der Waals surface area contributed by atoms with E-state index in [1.165, 1.54) is 12.1 Å². The summed E-state index contributed by atoms with van der Waals surface area (Å²) >= 11 is 6.26. The molecular formula is C24H27ClN4O4. The SMILES string of the molecule is CC.Cc1ccccc1-c1noc(C)c1C(=O)N1CCN(c2ccc([N+](=O)[O-])cc2Cl)CC1. The third-order valence-corrected chi connectivity index (χ3v) is 5.83. The lowest BCUT2D eigenvalue weighted by atomic mass is 10.0. The Labute approximate surface area is 197 Å². The number of benzene rings is 2. The van der Waals surface area contributed by atoms with Gasteiger partial charge in [0.25, 0.3) is 11.6 Å². The predicted molar refractivity (Wildman–Crippen MR) is 129 cm³/mol. The van der Waals surface area contributed by atoms with Gasteiger partial charge in [-0.1, -0.05) is 54.9 Å². The van der Waals surface area contributed by atoms with Crippen molar-refractivity contribution in [2.75, 3.05) is 31.1 Å². The van der Waals surface area contributed by atoms with Gasteiger partial charge in [0.15, 0.2) is 0 Å². The molecule has 4 rings (SSSR count). The monoisotopic (exact) mass is 470 g/mol. The summed E-state index contributed by atoms with van der Waals surface area (Å²) in [6.07, 6.45) is 0. The minimum absolute atomic E-state index is 0.0470. The lowest BCUT2D eigenvalue weighted by Crippen LogP contribution is -2.49. The molecule has 9 heteroatoms. The number of amides is 1. The van der Waals surface area contributed by atoms with Crippen LogP contribution in [0.15, 0.2) is 47.0 Å². The van der Waals surface area contributed by atoms with E-state index in [1.54, 1.807) is 17.9 Å². The molecule has 0 unspecified atom stereocenters. The highest BCUT2D eigenvalue weighted by Crippen LogP contribution is 2.32. The Kier molecular flexibility index (Phi) is 7.71. The van der Waals surface area contributed by atoms with Crippen molar-refractivity contribution in [2.24, 2.45) is 0 Å². The zero-order valence-corrected chi connectivity index (χ0v) is 19.9. The Hall–Kier alpha value is -3.39. The summed E-state index contributed by atoms with van der Waals surface area (Å²) in [5, 5.41) is 15.4. The quantitative estimate of drug-likeness (QED) is 0.368. The number of halogens is 1. The van der Waals surface area contributed by atoms with Crippen LogP contribution >= 0.6 is 11.6 Å². The van der Waals surface area contributed by atoms with Crippen LogP contribution in [0.25, 0.3) is 11.3 Å². The van der Waals surface area contributed by atoms with Gasteiger partial charge in [-0.2, -0.15) is 0 Å². The molecule has 2 aromatic carbocycles. The first-order valence-electron chi connectivity index (χ1n) is 10.9. The van der Waals surface area contributed by atoms with E-state index in [0.29, 0.717) is 48.2 Å². The maximum Gasteiger partial charge on any atom is 0.271 e. The molecule has 0 radical (unpaired) electrons. The number of carbonyl (C=O) groups is 1. The van der Waals surface area contributed by atoms with E-state index < -0.39 is 4.92 Å². The molecule has 2 heterocycles.